The van der Waals surface area contributed by atoms with Crippen molar-refractivity contribution in [3.63, 3.8) is 0 Å². The van der Waals surface area contributed by atoms with Crippen LogP contribution in [0.4, 0.5) is 0 Å². The maximum atomic E-state index is 14.2. The zero-order chi connectivity index (χ0) is 17.5. The summed E-state index contributed by atoms with van der Waals surface area (Å²) in [4.78, 5) is 37.3. The molecule has 154 valence electrons. The summed E-state index contributed by atoms with van der Waals surface area (Å²) >= 11 is 0. The van der Waals surface area contributed by atoms with E-state index in [0.29, 0.717) is 8.63 Å². The van der Waals surface area contributed by atoms with Gasteiger partial charge in [0.05, 0.1) is 0 Å². The van der Waals surface area contributed by atoms with Gasteiger partial charge in [-0.2, -0.15) is 0 Å². The number of carboxylic acid groups (broad SMARTS) is 1. The normalized spacial score (nSPS) is 140. The van der Waals surface area contributed by atoms with Crippen LogP contribution in [0.3, 0.4) is 0 Å². The second-order valence-corrected chi connectivity index (χ2v) is 68.4. The number of fused-ring (bicyclic) bond motifs is 20. The van der Waals surface area contributed by atoms with Crippen LogP contribution in [0.25, 0.3) is 0 Å². The number of carbonyl (C=O) groups is 1. The van der Waals surface area contributed by atoms with Crippen molar-refractivity contribution in [1.29, 1.82) is 0 Å². The van der Waals surface area contributed by atoms with E-state index in [0.717, 1.165) is 0 Å². The standard InChI is InChI=1S/C15H16O2.2C5H5.2Fe/c1-2-11-15(14(16)17,12-7-3-4-8-12)13-9-5-6-10-13;2*1-2-4-5-3-1;;/h3-10H,2,11H2,1H3,(H,16,17);2*1-5H;;. The van der Waals surface area contributed by atoms with Gasteiger partial charge in [0.2, 0.25) is 0 Å². The number of rotatable bonds is 5. The van der Waals surface area contributed by atoms with Crippen LogP contribution in [0, 0.1) is 5.41 Å². The Bertz CT molecular complexity index is 1900. The second kappa shape index (κ2) is 0.769. The fourth-order valence-corrected chi connectivity index (χ4v) is 187. The predicted octanol–water partition coefficient (Wildman–Crippen LogP) is 7.38. The van der Waals surface area contributed by atoms with Gasteiger partial charge in [-0.15, -0.1) is 0 Å². The summed E-state index contributed by atoms with van der Waals surface area (Å²) in [7, 11) is 0. The summed E-state index contributed by atoms with van der Waals surface area (Å²) in [5, 5.41) is 11.7. The van der Waals surface area contributed by atoms with E-state index in [1.54, 1.807) is 0 Å². The van der Waals surface area contributed by atoms with Crippen molar-refractivity contribution in [3.8, 4) is 0 Å². The monoisotopic (exact) mass is 470 g/mol. The molecule has 0 amide bonds. The third-order valence-electron chi connectivity index (χ3n) is 31.6. The van der Waals surface area contributed by atoms with Gasteiger partial charge in [-0.05, 0) is 0 Å². The van der Waals surface area contributed by atoms with Crippen molar-refractivity contribution in [1.82, 2.24) is 0 Å². The molecular formula is C25H26Fe2O2. The van der Waals surface area contributed by atoms with Crippen molar-refractivity contribution < 1.29 is 22.9 Å². The average Bonchev–Trinajstić information content (AvgIpc) is 3.60. The fourth-order valence-electron chi connectivity index (χ4n) is 36.2. The molecule has 20 fully saturated rings. The van der Waals surface area contributed by atoms with Crippen molar-refractivity contribution in [2.75, 3.05) is 0 Å². The molecule has 8 unspecified atom stereocenters. The molecule has 20 aliphatic heterocycles. The second-order valence-electron chi connectivity index (χ2n) is 21.3. The van der Waals surface area contributed by atoms with E-state index in [2.05, 4.69) is 6.92 Å². The molecule has 20 saturated heterocycles. The maximum absolute atomic E-state index is 14.2. The van der Waals surface area contributed by atoms with Crippen molar-refractivity contribution in [2.45, 2.75) is 115 Å². The summed E-state index contributed by atoms with van der Waals surface area (Å²) in [6.45, 7) is -4.52. The molecule has 0 aromatic rings. The molecule has 20 rings (SSSR count). The first-order valence-electron chi connectivity index (χ1n) is 13.3. The van der Waals surface area contributed by atoms with E-state index in [1.165, 1.54) is 99.5 Å². The fraction of sp³-hybridized carbons (Fsp3) is 0.960. The molecule has 2 nitrogen and oxygen atoms in total. The van der Waals surface area contributed by atoms with Gasteiger partial charge in [-0.3, -0.25) is 0 Å². The third-order valence-corrected chi connectivity index (χ3v) is 117. The average molecular weight is 470 g/mol. The van der Waals surface area contributed by atoms with Gasteiger partial charge in [0.15, 0.2) is 0 Å². The van der Waals surface area contributed by atoms with Crippen LogP contribution in [0.2, 0.25) is 95.3 Å². The van der Waals surface area contributed by atoms with Crippen molar-refractivity contribution >= 4 is 5.97 Å². The number of carboxylic acids is 1. The molecular weight excluding hydrogens is 444 g/mol. The van der Waals surface area contributed by atoms with Crippen LogP contribution in [-0.2, 0) is 17.8 Å². The van der Waals surface area contributed by atoms with E-state index < -0.39 is 13.0 Å². The summed E-state index contributed by atoms with van der Waals surface area (Å²) in [5.41, 5.74) is -0.0568. The molecule has 2 spiro atoms. The quantitative estimate of drug-likeness (QED) is 0.426. The Morgan fingerprint density at radius 1 is 0.690 bits per heavy atom. The van der Waals surface area contributed by atoms with Crippen LogP contribution >= 0.6 is 0 Å². The Morgan fingerprint density at radius 2 is 1.00 bits per heavy atom. The molecule has 8 atom stereocenters. The van der Waals surface area contributed by atoms with Crippen LogP contribution in [0.1, 0.15) is 19.8 Å². The summed E-state index contributed by atoms with van der Waals surface area (Å²) in [5.74, 6) is -0.0968. The Morgan fingerprint density at radius 3 is 1.14 bits per heavy atom. The third kappa shape index (κ3) is 0.0970. The Hall–Kier alpha value is 0.509. The molecule has 0 aromatic carbocycles. The minimum absolute atomic E-state index is 0.0568. The Labute approximate surface area is 148 Å². The van der Waals surface area contributed by atoms with Gasteiger partial charge in [-0.1, -0.05) is 0 Å². The molecule has 20 aliphatic rings. The summed E-state index contributed by atoms with van der Waals surface area (Å²) in [6, 6.07) is 0. The first kappa shape index (κ1) is 10.2. The van der Waals surface area contributed by atoms with Gasteiger partial charge in [0.25, 0.3) is 0 Å². The minimum atomic E-state index is -3.46. The van der Waals surface area contributed by atoms with Crippen molar-refractivity contribution in [2.24, 2.45) is 5.41 Å². The van der Waals surface area contributed by atoms with Gasteiger partial charge >= 0.3 is 149 Å². The summed E-state index contributed by atoms with van der Waals surface area (Å²) < 4.78 is 1.26. The molecule has 0 radical (unpaired) electrons. The topological polar surface area (TPSA) is 37.3 Å². The molecule has 0 aromatic heterocycles. The van der Waals surface area contributed by atoms with E-state index in [1.807, 2.05) is 0 Å². The van der Waals surface area contributed by atoms with Crippen LogP contribution in [-0.4, -0.2) is 11.1 Å². The molecule has 1 N–H and O–H groups in total. The van der Waals surface area contributed by atoms with Gasteiger partial charge in [0, 0.05) is 0 Å². The van der Waals surface area contributed by atoms with E-state index >= 15 is 0 Å². The zero-order valence-electron chi connectivity index (χ0n) is 16.4. The van der Waals surface area contributed by atoms with E-state index in [4.69, 9.17) is 0 Å². The molecule has 0 saturated carbocycles. The first-order valence-corrected chi connectivity index (χ1v) is 25.8. The van der Waals surface area contributed by atoms with Gasteiger partial charge in [0.1, 0.15) is 0 Å². The van der Waals surface area contributed by atoms with Gasteiger partial charge < -0.3 is 0 Å². The van der Waals surface area contributed by atoms with Crippen LogP contribution in [0.5, 0.6) is 0 Å². The van der Waals surface area contributed by atoms with Crippen LogP contribution in [0.15, 0.2) is 0 Å². The van der Waals surface area contributed by atoms with E-state index in [-0.39, 0.29) is 11.4 Å². The molecule has 0 aliphatic carbocycles. The van der Waals surface area contributed by atoms with E-state index in [9.17, 15) is 9.90 Å². The molecule has 4 heteroatoms. The SMILES string of the molecule is CCCC(C(=O)O)([C]12[CH]3[CH]4[CH]5[CH]1[Fe]45321678[CH]2[CH]1[CH]6[CH]7[CH]28)[C]12[CH]3[CH]4[CH]5[CH]1[Fe]45321678[CH]2[CH]1[CH]6[CH]7[CH]28. The molecule has 0 bridgehead atoms. The molecule has 29 heavy (non-hydrogen) atoms. The van der Waals surface area contributed by atoms with Gasteiger partial charge in [-0.25, -0.2) is 0 Å². The number of hydrogen-bond donors (Lipinski definition) is 1. The Kier molecular flexibility index (Phi) is 0.270. The first-order chi connectivity index (χ1) is 13.6. The molecule has 20 heterocycles. The Balaban J connectivity index is 1.16. The summed E-state index contributed by atoms with van der Waals surface area (Å²) in [6.07, 6.45) is 2.42. The van der Waals surface area contributed by atoms with Crippen molar-refractivity contribution in [3.05, 3.63) is 0 Å². The number of aliphatic carboxylic acids is 1. The van der Waals surface area contributed by atoms with Crippen LogP contribution < -0.4 is 0 Å². The number of hydrogen-bond acceptors (Lipinski definition) is 1. The predicted molar refractivity (Wildman–Crippen MR) is 97.9 cm³/mol. The zero-order valence-corrected chi connectivity index (χ0v) is 18.6.